The van der Waals surface area contributed by atoms with E-state index in [0.717, 1.165) is 0 Å². The molecule has 1 heterocycles. The second kappa shape index (κ2) is 5.90. The minimum absolute atomic E-state index is 0.0426. The molecular weight excluding hydrogens is 384 g/mol. The van der Waals surface area contributed by atoms with Crippen molar-refractivity contribution in [2.75, 3.05) is 0 Å². The number of aliphatic hydroxyl groups is 1. The van der Waals surface area contributed by atoms with Gasteiger partial charge in [0.2, 0.25) is 0 Å². The molecule has 0 amide bonds. The molecule has 0 aromatic carbocycles. The van der Waals surface area contributed by atoms with Gasteiger partial charge in [0.1, 0.15) is 11.9 Å². The Morgan fingerprint density at radius 2 is 1.63 bits per heavy atom. The molecule has 164 valence electrons. The average Bonchev–Trinajstić information content (AvgIpc) is 2.64. The second-order valence-corrected chi connectivity index (χ2v) is 11.2. The third-order valence-corrected chi connectivity index (χ3v) is 9.50. The SMILES string of the molecule is C=C1CC2C3(C)CCC(=O)C(C)(C)C3C(O)C(=O)C2(C)C2C(=O)OC(C)C(=O)C12C. The van der Waals surface area contributed by atoms with Crippen LogP contribution in [0.2, 0.25) is 0 Å². The number of esters is 1. The van der Waals surface area contributed by atoms with Gasteiger partial charge in [-0.1, -0.05) is 39.8 Å². The van der Waals surface area contributed by atoms with Gasteiger partial charge in [-0.3, -0.25) is 19.2 Å². The van der Waals surface area contributed by atoms with E-state index in [4.69, 9.17) is 4.74 Å². The Kier molecular flexibility index (Phi) is 4.21. The summed E-state index contributed by atoms with van der Waals surface area (Å²) in [6.07, 6.45) is -0.976. The van der Waals surface area contributed by atoms with E-state index in [0.29, 0.717) is 24.8 Å². The van der Waals surface area contributed by atoms with Gasteiger partial charge in [-0.05, 0) is 38.0 Å². The van der Waals surface area contributed by atoms with E-state index >= 15 is 0 Å². The van der Waals surface area contributed by atoms with E-state index in [-0.39, 0.29) is 17.5 Å². The summed E-state index contributed by atoms with van der Waals surface area (Å²) in [5, 5.41) is 11.3. The number of fused-ring (bicyclic) bond motifs is 5. The first-order valence-corrected chi connectivity index (χ1v) is 10.8. The van der Waals surface area contributed by atoms with E-state index in [1.165, 1.54) is 0 Å². The molecule has 3 saturated carbocycles. The fraction of sp³-hybridized carbons (Fsp3) is 0.750. The molecular formula is C24H32O6. The second-order valence-electron chi connectivity index (χ2n) is 11.2. The standard InChI is InChI=1S/C24H32O6/c1-11-10-13-22(5)9-8-14(25)21(3,4)16(22)15(26)19(28)24(13,7)17-20(29)30-12(2)18(27)23(11,17)6/h12-13,15-17,26H,1,8-10H2,2-7H3. The summed E-state index contributed by atoms with van der Waals surface area (Å²) in [7, 11) is 0. The number of rotatable bonds is 0. The Balaban J connectivity index is 1.95. The zero-order chi connectivity index (χ0) is 22.6. The van der Waals surface area contributed by atoms with E-state index < -0.39 is 57.5 Å². The number of aliphatic hydroxyl groups excluding tert-OH is 1. The van der Waals surface area contributed by atoms with Crippen LogP contribution in [-0.2, 0) is 23.9 Å². The topological polar surface area (TPSA) is 97.7 Å². The number of carbonyl (C=O) groups excluding carboxylic acids is 4. The summed E-state index contributed by atoms with van der Waals surface area (Å²) in [6, 6.07) is 0. The molecule has 1 saturated heterocycles. The highest BCUT2D eigenvalue weighted by atomic mass is 16.5. The lowest BCUT2D eigenvalue weighted by Crippen LogP contribution is -2.73. The van der Waals surface area contributed by atoms with Gasteiger partial charge >= 0.3 is 5.97 Å². The van der Waals surface area contributed by atoms with E-state index in [9.17, 15) is 24.3 Å². The maximum atomic E-state index is 13.8. The average molecular weight is 417 g/mol. The van der Waals surface area contributed by atoms with Crippen molar-refractivity contribution in [3.63, 3.8) is 0 Å². The number of hydrogen-bond donors (Lipinski definition) is 1. The van der Waals surface area contributed by atoms with Gasteiger partial charge in [0.15, 0.2) is 17.7 Å². The van der Waals surface area contributed by atoms with Crippen LogP contribution < -0.4 is 0 Å². The van der Waals surface area contributed by atoms with Crippen molar-refractivity contribution in [1.29, 1.82) is 0 Å². The summed E-state index contributed by atoms with van der Waals surface area (Å²) in [5.74, 6) is -3.14. The molecule has 4 fully saturated rings. The maximum Gasteiger partial charge on any atom is 0.312 e. The van der Waals surface area contributed by atoms with Crippen molar-refractivity contribution in [3.05, 3.63) is 12.2 Å². The molecule has 0 radical (unpaired) electrons. The van der Waals surface area contributed by atoms with E-state index in [1.54, 1.807) is 34.6 Å². The Morgan fingerprint density at radius 3 is 2.23 bits per heavy atom. The van der Waals surface area contributed by atoms with Crippen LogP contribution in [-0.4, -0.2) is 40.6 Å². The normalized spacial score (nSPS) is 50.4. The van der Waals surface area contributed by atoms with Crippen LogP contribution in [0, 0.1) is 39.4 Å². The first kappa shape index (κ1) is 21.4. The van der Waals surface area contributed by atoms with Crippen LogP contribution in [0.5, 0.6) is 0 Å². The third-order valence-electron chi connectivity index (χ3n) is 9.50. The van der Waals surface area contributed by atoms with Crippen LogP contribution in [0.3, 0.4) is 0 Å². The Hall–Kier alpha value is -1.82. The molecule has 8 unspecified atom stereocenters. The predicted molar refractivity (Wildman–Crippen MR) is 108 cm³/mol. The highest BCUT2D eigenvalue weighted by Gasteiger charge is 2.75. The highest BCUT2D eigenvalue weighted by molar-refractivity contribution is 6.05. The smallest absolute Gasteiger partial charge is 0.312 e. The quantitative estimate of drug-likeness (QED) is 0.482. The maximum absolute atomic E-state index is 13.8. The van der Waals surface area contributed by atoms with E-state index in [2.05, 4.69) is 6.58 Å². The van der Waals surface area contributed by atoms with Gasteiger partial charge in [-0.2, -0.15) is 0 Å². The molecule has 0 aromatic rings. The largest absolute Gasteiger partial charge is 0.454 e. The number of cyclic esters (lactones) is 1. The Labute approximate surface area is 177 Å². The Morgan fingerprint density at radius 1 is 1.03 bits per heavy atom. The summed E-state index contributed by atoms with van der Waals surface area (Å²) in [4.78, 5) is 52.9. The minimum atomic E-state index is -1.38. The van der Waals surface area contributed by atoms with Crippen LogP contribution in [0.4, 0.5) is 0 Å². The molecule has 0 spiro atoms. The number of carbonyl (C=O) groups is 4. The van der Waals surface area contributed by atoms with Gasteiger partial charge < -0.3 is 9.84 Å². The summed E-state index contributed by atoms with van der Waals surface area (Å²) in [6.45, 7) is 14.8. The highest BCUT2D eigenvalue weighted by Crippen LogP contribution is 2.70. The van der Waals surface area contributed by atoms with Crippen molar-refractivity contribution in [2.24, 2.45) is 39.4 Å². The number of allylic oxidation sites excluding steroid dienone is 1. The van der Waals surface area contributed by atoms with E-state index in [1.807, 2.05) is 6.92 Å². The number of Topliss-reactive ketones (excluding diaryl/α,β-unsaturated/α-hetero) is 3. The lowest BCUT2D eigenvalue weighted by Gasteiger charge is -2.67. The zero-order valence-electron chi connectivity index (χ0n) is 18.7. The van der Waals surface area contributed by atoms with Crippen molar-refractivity contribution in [1.82, 2.24) is 0 Å². The molecule has 30 heavy (non-hydrogen) atoms. The Bertz CT molecular complexity index is 901. The van der Waals surface area contributed by atoms with Crippen LogP contribution in [0.25, 0.3) is 0 Å². The molecule has 1 aliphatic heterocycles. The first-order valence-electron chi connectivity index (χ1n) is 10.8. The van der Waals surface area contributed by atoms with Crippen molar-refractivity contribution >= 4 is 23.3 Å². The number of ether oxygens (including phenoxy) is 1. The fourth-order valence-corrected chi connectivity index (χ4v) is 7.90. The van der Waals surface area contributed by atoms with Crippen LogP contribution >= 0.6 is 0 Å². The predicted octanol–water partition coefficient (Wildman–Crippen LogP) is 2.66. The van der Waals surface area contributed by atoms with Crippen LogP contribution in [0.1, 0.15) is 60.8 Å². The molecule has 4 rings (SSSR count). The van der Waals surface area contributed by atoms with Gasteiger partial charge in [0.05, 0.1) is 11.3 Å². The summed E-state index contributed by atoms with van der Waals surface area (Å²) < 4.78 is 5.39. The lowest BCUT2D eigenvalue weighted by atomic mass is 9.35. The van der Waals surface area contributed by atoms with Gasteiger partial charge in [0, 0.05) is 23.2 Å². The van der Waals surface area contributed by atoms with Crippen LogP contribution in [0.15, 0.2) is 12.2 Å². The fourth-order valence-electron chi connectivity index (χ4n) is 7.90. The summed E-state index contributed by atoms with van der Waals surface area (Å²) in [5.41, 5.74) is -3.26. The molecule has 6 nitrogen and oxygen atoms in total. The zero-order valence-corrected chi connectivity index (χ0v) is 18.7. The molecule has 4 aliphatic rings. The molecule has 0 aromatic heterocycles. The minimum Gasteiger partial charge on any atom is -0.454 e. The molecule has 3 aliphatic carbocycles. The van der Waals surface area contributed by atoms with Crippen molar-refractivity contribution in [3.8, 4) is 0 Å². The van der Waals surface area contributed by atoms with Crippen molar-refractivity contribution < 1.29 is 29.0 Å². The molecule has 6 heteroatoms. The third kappa shape index (κ3) is 2.13. The molecule has 8 atom stereocenters. The number of hydrogen-bond acceptors (Lipinski definition) is 6. The molecule has 1 N–H and O–H groups in total. The first-order chi connectivity index (χ1) is 13.7. The van der Waals surface area contributed by atoms with Gasteiger partial charge in [-0.15, -0.1) is 0 Å². The summed E-state index contributed by atoms with van der Waals surface area (Å²) >= 11 is 0. The van der Waals surface area contributed by atoms with Gasteiger partial charge in [-0.25, -0.2) is 0 Å². The monoisotopic (exact) mass is 416 g/mol. The van der Waals surface area contributed by atoms with Gasteiger partial charge in [0.25, 0.3) is 0 Å². The lowest BCUT2D eigenvalue weighted by molar-refractivity contribution is -0.222. The number of ketones is 3. The molecule has 0 bridgehead atoms. The van der Waals surface area contributed by atoms with Crippen molar-refractivity contribution in [2.45, 2.75) is 73.0 Å².